The predicted molar refractivity (Wildman–Crippen MR) is 54.3 cm³/mol. The molecule has 16 heavy (non-hydrogen) atoms. The molecular formula is C9H7N3O4. The molecule has 1 aromatic heterocycles. The minimum absolute atomic E-state index is 0.332. The van der Waals surface area contributed by atoms with E-state index in [0.717, 1.165) is 0 Å². The molecule has 0 saturated carbocycles. The van der Waals surface area contributed by atoms with Crippen molar-refractivity contribution in [3.05, 3.63) is 34.0 Å². The van der Waals surface area contributed by atoms with Gasteiger partial charge in [0.2, 0.25) is 0 Å². The Hall–Kier alpha value is -2.44. The summed E-state index contributed by atoms with van der Waals surface area (Å²) in [6.45, 7) is 0. The monoisotopic (exact) mass is 221 g/mol. The lowest BCUT2D eigenvalue weighted by atomic mass is 10.1. The summed E-state index contributed by atoms with van der Waals surface area (Å²) in [6.07, 6.45) is 1.45. The molecule has 1 N–H and O–H groups in total. The summed E-state index contributed by atoms with van der Waals surface area (Å²) in [5.74, 6) is -1.32. The van der Waals surface area contributed by atoms with Crippen LogP contribution in [0.4, 0.5) is 5.69 Å². The summed E-state index contributed by atoms with van der Waals surface area (Å²) in [5.41, 5.74) is -0.211. The Morgan fingerprint density at radius 3 is 2.81 bits per heavy atom. The lowest BCUT2D eigenvalue weighted by Crippen LogP contribution is -2.03. The van der Waals surface area contributed by atoms with Crippen LogP contribution in [0.3, 0.4) is 0 Å². The van der Waals surface area contributed by atoms with Crippen molar-refractivity contribution in [1.29, 1.82) is 0 Å². The number of carbonyl (C=O) groups is 1. The summed E-state index contributed by atoms with van der Waals surface area (Å²) in [4.78, 5) is 20.8. The molecule has 0 amide bonds. The van der Waals surface area contributed by atoms with Crippen molar-refractivity contribution >= 4 is 22.6 Å². The Morgan fingerprint density at radius 1 is 1.56 bits per heavy atom. The molecule has 0 fully saturated rings. The largest absolute Gasteiger partial charge is 0.477 e. The Bertz CT molecular complexity index is 602. The second-order valence-corrected chi connectivity index (χ2v) is 3.26. The van der Waals surface area contributed by atoms with E-state index in [-0.39, 0.29) is 5.56 Å². The Morgan fingerprint density at radius 2 is 2.25 bits per heavy atom. The lowest BCUT2D eigenvalue weighted by Gasteiger charge is -1.99. The molecule has 0 unspecified atom stereocenters. The quantitative estimate of drug-likeness (QED) is 0.606. The minimum Gasteiger partial charge on any atom is -0.477 e. The van der Waals surface area contributed by atoms with Gasteiger partial charge in [-0.3, -0.25) is 14.8 Å². The number of hydrogen-bond acceptors (Lipinski definition) is 4. The topological polar surface area (TPSA) is 98.3 Å². The molecule has 0 radical (unpaired) electrons. The molecule has 7 heteroatoms. The summed E-state index contributed by atoms with van der Waals surface area (Å²) < 4.78 is 1.46. The fraction of sp³-hybridized carbons (Fsp3) is 0.111. The van der Waals surface area contributed by atoms with Gasteiger partial charge in [-0.15, -0.1) is 0 Å². The van der Waals surface area contributed by atoms with Crippen molar-refractivity contribution in [3.8, 4) is 0 Å². The van der Waals surface area contributed by atoms with Crippen molar-refractivity contribution in [2.45, 2.75) is 0 Å². The first-order valence-corrected chi connectivity index (χ1v) is 4.34. The van der Waals surface area contributed by atoms with E-state index < -0.39 is 16.6 Å². The van der Waals surface area contributed by atoms with Crippen molar-refractivity contribution in [1.82, 2.24) is 9.78 Å². The van der Waals surface area contributed by atoms with Crippen LogP contribution in [-0.2, 0) is 7.05 Å². The summed E-state index contributed by atoms with van der Waals surface area (Å²) in [7, 11) is 1.64. The highest BCUT2D eigenvalue weighted by molar-refractivity contribution is 5.98. The molecule has 0 atom stereocenters. The van der Waals surface area contributed by atoms with Crippen molar-refractivity contribution in [2.75, 3.05) is 0 Å². The molecule has 82 valence electrons. The zero-order valence-corrected chi connectivity index (χ0v) is 8.25. The average Bonchev–Trinajstić information content (AvgIpc) is 2.58. The number of benzene rings is 1. The second kappa shape index (κ2) is 3.30. The van der Waals surface area contributed by atoms with E-state index in [9.17, 15) is 14.9 Å². The van der Waals surface area contributed by atoms with Gasteiger partial charge in [0, 0.05) is 18.5 Å². The lowest BCUT2D eigenvalue weighted by molar-refractivity contribution is -0.385. The van der Waals surface area contributed by atoms with Crippen LogP contribution < -0.4 is 0 Å². The number of carboxylic acid groups (broad SMARTS) is 1. The first kappa shape index (κ1) is 10.1. The van der Waals surface area contributed by atoms with Crippen LogP contribution in [0.2, 0.25) is 0 Å². The highest BCUT2D eigenvalue weighted by Gasteiger charge is 2.21. The third kappa shape index (κ3) is 1.38. The van der Waals surface area contributed by atoms with Gasteiger partial charge in [-0.1, -0.05) is 0 Å². The Balaban J connectivity index is 2.83. The third-order valence-electron chi connectivity index (χ3n) is 2.29. The van der Waals surface area contributed by atoms with E-state index in [1.807, 2.05) is 0 Å². The van der Waals surface area contributed by atoms with E-state index in [2.05, 4.69) is 5.10 Å². The number of aromatic carboxylic acids is 1. The van der Waals surface area contributed by atoms with Gasteiger partial charge in [0.15, 0.2) is 0 Å². The molecule has 2 aromatic rings. The molecule has 0 spiro atoms. The molecule has 0 aliphatic rings. The second-order valence-electron chi connectivity index (χ2n) is 3.26. The van der Waals surface area contributed by atoms with Gasteiger partial charge in [-0.2, -0.15) is 5.10 Å². The molecular weight excluding hydrogens is 214 g/mol. The fourth-order valence-electron chi connectivity index (χ4n) is 1.51. The minimum atomic E-state index is -1.32. The Kier molecular flexibility index (Phi) is 2.08. The first-order valence-electron chi connectivity index (χ1n) is 4.34. The van der Waals surface area contributed by atoms with E-state index >= 15 is 0 Å². The van der Waals surface area contributed by atoms with Crippen LogP contribution in [0, 0.1) is 10.1 Å². The smallest absolute Gasteiger partial charge is 0.342 e. The summed E-state index contributed by atoms with van der Waals surface area (Å²) in [5, 5.41) is 24.0. The molecule has 2 rings (SSSR count). The number of aromatic nitrogens is 2. The van der Waals surface area contributed by atoms with Crippen molar-refractivity contribution < 1.29 is 14.8 Å². The van der Waals surface area contributed by atoms with Gasteiger partial charge in [0.05, 0.1) is 16.6 Å². The molecule has 7 nitrogen and oxygen atoms in total. The van der Waals surface area contributed by atoms with E-state index in [0.29, 0.717) is 10.9 Å². The van der Waals surface area contributed by atoms with Crippen LogP contribution in [0.1, 0.15) is 10.4 Å². The molecule has 0 bridgehead atoms. The van der Waals surface area contributed by atoms with Crippen LogP contribution in [0.25, 0.3) is 10.9 Å². The van der Waals surface area contributed by atoms with Gasteiger partial charge in [0.25, 0.3) is 5.69 Å². The maximum atomic E-state index is 10.9. The molecule has 0 aliphatic heterocycles. The van der Waals surface area contributed by atoms with E-state index in [1.54, 1.807) is 7.05 Å². The number of rotatable bonds is 2. The van der Waals surface area contributed by atoms with E-state index in [4.69, 9.17) is 5.11 Å². The number of hydrogen-bond donors (Lipinski definition) is 1. The normalized spacial score (nSPS) is 10.6. The number of nitro groups is 1. The van der Waals surface area contributed by atoms with Crippen LogP contribution >= 0.6 is 0 Å². The maximum Gasteiger partial charge on any atom is 0.342 e. The zero-order chi connectivity index (χ0) is 11.9. The van der Waals surface area contributed by atoms with Gasteiger partial charge < -0.3 is 5.11 Å². The molecule has 0 aliphatic carbocycles. The predicted octanol–water partition coefficient (Wildman–Crippen LogP) is 1.18. The van der Waals surface area contributed by atoms with Crippen LogP contribution in [-0.4, -0.2) is 25.8 Å². The van der Waals surface area contributed by atoms with Gasteiger partial charge >= 0.3 is 5.97 Å². The van der Waals surface area contributed by atoms with Crippen molar-refractivity contribution in [2.24, 2.45) is 7.05 Å². The summed E-state index contributed by atoms with van der Waals surface area (Å²) in [6, 6.07) is 2.47. The fourth-order valence-corrected chi connectivity index (χ4v) is 1.51. The van der Waals surface area contributed by atoms with Crippen LogP contribution in [0.15, 0.2) is 18.3 Å². The number of nitro benzene ring substituents is 1. The van der Waals surface area contributed by atoms with E-state index in [1.165, 1.54) is 23.0 Å². The highest BCUT2D eigenvalue weighted by Crippen LogP contribution is 2.25. The third-order valence-corrected chi connectivity index (χ3v) is 2.29. The van der Waals surface area contributed by atoms with Gasteiger partial charge in [-0.25, -0.2) is 4.79 Å². The molecule has 1 aromatic carbocycles. The number of aryl methyl sites for hydroxylation is 1. The number of carboxylic acids is 1. The zero-order valence-electron chi connectivity index (χ0n) is 8.25. The summed E-state index contributed by atoms with van der Waals surface area (Å²) >= 11 is 0. The molecule has 0 saturated heterocycles. The van der Waals surface area contributed by atoms with Crippen molar-refractivity contribution in [3.63, 3.8) is 0 Å². The first-order chi connectivity index (χ1) is 7.50. The van der Waals surface area contributed by atoms with Gasteiger partial charge in [0.1, 0.15) is 5.56 Å². The highest BCUT2D eigenvalue weighted by atomic mass is 16.6. The van der Waals surface area contributed by atoms with Crippen LogP contribution in [0.5, 0.6) is 0 Å². The van der Waals surface area contributed by atoms with Gasteiger partial charge in [-0.05, 0) is 6.07 Å². The SMILES string of the molecule is Cn1ncc2cc([N+](=O)[O-])c(C(=O)O)cc21. The number of nitrogens with zero attached hydrogens (tertiary/aromatic N) is 3. The standard InChI is InChI=1S/C9H7N3O4/c1-11-7-3-6(9(13)14)8(12(15)16)2-5(7)4-10-11/h2-4H,1H3,(H,13,14). The average molecular weight is 221 g/mol. The number of fused-ring (bicyclic) bond motifs is 1. The Labute approximate surface area is 89.1 Å². The maximum absolute atomic E-state index is 10.9. The molecule has 1 heterocycles.